The van der Waals surface area contributed by atoms with Gasteiger partial charge >= 0.3 is 5.97 Å². The Bertz CT molecular complexity index is 574. The van der Waals surface area contributed by atoms with E-state index in [4.69, 9.17) is 10.2 Å². The van der Waals surface area contributed by atoms with Gasteiger partial charge in [0.05, 0.1) is 6.10 Å². The van der Waals surface area contributed by atoms with Gasteiger partial charge in [-0.25, -0.2) is 17.9 Å². The Labute approximate surface area is 111 Å². The van der Waals surface area contributed by atoms with Gasteiger partial charge in [0.15, 0.2) is 0 Å². The van der Waals surface area contributed by atoms with Crippen LogP contribution in [0.15, 0.2) is 4.90 Å². The van der Waals surface area contributed by atoms with Gasteiger partial charge in [-0.05, 0) is 27.2 Å². The highest BCUT2D eigenvalue weighted by Gasteiger charge is 2.25. The number of nitrogens with one attached hydrogen (secondary N) is 2. The maximum absolute atomic E-state index is 12.1. The highest BCUT2D eigenvalue weighted by molar-refractivity contribution is 7.89. The Hall–Kier alpha value is -1.38. The minimum absolute atomic E-state index is 0.0458. The van der Waals surface area contributed by atoms with E-state index in [0.29, 0.717) is 0 Å². The number of aryl methyl sites for hydroxylation is 1. The first kappa shape index (κ1) is 15.7. The molecule has 0 aliphatic rings. The van der Waals surface area contributed by atoms with Crippen molar-refractivity contribution < 1.29 is 23.4 Å². The third kappa shape index (κ3) is 3.55. The van der Waals surface area contributed by atoms with Crippen molar-refractivity contribution in [3.63, 3.8) is 0 Å². The fourth-order valence-corrected chi connectivity index (χ4v) is 3.31. The number of carbonyl (C=O) groups is 1. The standard InChI is InChI=1S/C11H18N2O5S/c1-6(14)4-5-12-19(17,18)10-7(2)9(11(15)16)13-8(10)3/h6,12-14H,4-5H2,1-3H3,(H,15,16). The van der Waals surface area contributed by atoms with E-state index in [1.165, 1.54) is 13.8 Å². The smallest absolute Gasteiger partial charge is 0.352 e. The van der Waals surface area contributed by atoms with Gasteiger partial charge in [-0.15, -0.1) is 0 Å². The van der Waals surface area contributed by atoms with Crippen molar-refractivity contribution in [2.45, 2.75) is 38.2 Å². The Morgan fingerprint density at radius 3 is 2.42 bits per heavy atom. The molecule has 7 nitrogen and oxygen atoms in total. The topological polar surface area (TPSA) is 119 Å². The van der Waals surface area contributed by atoms with Gasteiger partial charge in [0.2, 0.25) is 10.0 Å². The molecule has 1 atom stereocenters. The zero-order valence-corrected chi connectivity index (χ0v) is 11.8. The highest BCUT2D eigenvalue weighted by atomic mass is 32.2. The number of H-pyrrole nitrogens is 1. The lowest BCUT2D eigenvalue weighted by molar-refractivity contribution is 0.0690. The summed E-state index contributed by atoms with van der Waals surface area (Å²) >= 11 is 0. The van der Waals surface area contributed by atoms with Crippen LogP contribution in [0.4, 0.5) is 0 Å². The second-order valence-electron chi connectivity index (χ2n) is 4.42. The summed E-state index contributed by atoms with van der Waals surface area (Å²) < 4.78 is 26.5. The van der Waals surface area contributed by atoms with Crippen LogP contribution >= 0.6 is 0 Å². The Morgan fingerprint density at radius 2 is 2.00 bits per heavy atom. The number of aromatic nitrogens is 1. The molecule has 1 aromatic heterocycles. The number of carboxylic acid groups (broad SMARTS) is 1. The average molecular weight is 290 g/mol. The van der Waals surface area contributed by atoms with Crippen molar-refractivity contribution in [1.29, 1.82) is 0 Å². The van der Waals surface area contributed by atoms with Crippen molar-refractivity contribution in [1.82, 2.24) is 9.71 Å². The number of aromatic amines is 1. The van der Waals surface area contributed by atoms with Crippen LogP contribution in [0.5, 0.6) is 0 Å². The number of aromatic carboxylic acids is 1. The second-order valence-corrected chi connectivity index (χ2v) is 6.12. The lowest BCUT2D eigenvalue weighted by atomic mass is 10.2. The molecule has 0 fully saturated rings. The molecule has 8 heteroatoms. The lowest BCUT2D eigenvalue weighted by Crippen LogP contribution is -2.27. The molecule has 19 heavy (non-hydrogen) atoms. The number of rotatable bonds is 6. The van der Waals surface area contributed by atoms with Crippen LogP contribution in [0, 0.1) is 13.8 Å². The molecular weight excluding hydrogens is 272 g/mol. The van der Waals surface area contributed by atoms with Crippen LogP contribution in [0.2, 0.25) is 0 Å². The first-order valence-electron chi connectivity index (χ1n) is 5.77. The second kappa shape index (κ2) is 5.72. The quantitative estimate of drug-likeness (QED) is 0.604. The van der Waals surface area contributed by atoms with Crippen molar-refractivity contribution in [2.24, 2.45) is 0 Å². The van der Waals surface area contributed by atoms with E-state index in [2.05, 4.69) is 9.71 Å². The Morgan fingerprint density at radius 1 is 1.42 bits per heavy atom. The summed E-state index contributed by atoms with van der Waals surface area (Å²) in [5, 5.41) is 18.0. The molecule has 0 amide bonds. The molecule has 1 rings (SSSR count). The summed E-state index contributed by atoms with van der Waals surface area (Å²) in [6.07, 6.45) is -0.321. The molecule has 0 bridgehead atoms. The summed E-state index contributed by atoms with van der Waals surface area (Å²) in [7, 11) is -3.79. The van der Waals surface area contributed by atoms with Crippen LogP contribution < -0.4 is 4.72 Å². The summed E-state index contributed by atoms with van der Waals surface area (Å²) in [6.45, 7) is 4.59. The van der Waals surface area contributed by atoms with E-state index in [0.717, 1.165) is 0 Å². The Balaban J connectivity index is 3.05. The predicted molar refractivity (Wildman–Crippen MR) is 68.7 cm³/mol. The molecule has 1 heterocycles. The van der Waals surface area contributed by atoms with Crippen LogP contribution in [-0.4, -0.2) is 42.2 Å². The third-order valence-corrected chi connectivity index (χ3v) is 4.44. The Kier molecular flexibility index (Phi) is 4.72. The molecule has 1 aromatic rings. The van der Waals surface area contributed by atoms with E-state index in [-0.39, 0.29) is 34.8 Å². The molecule has 1 unspecified atom stereocenters. The molecule has 0 aliphatic carbocycles. The van der Waals surface area contributed by atoms with E-state index in [1.807, 2.05) is 0 Å². The normalized spacial score (nSPS) is 13.5. The highest BCUT2D eigenvalue weighted by Crippen LogP contribution is 2.22. The largest absolute Gasteiger partial charge is 0.477 e. The van der Waals surface area contributed by atoms with Gasteiger partial charge in [0.1, 0.15) is 10.6 Å². The van der Waals surface area contributed by atoms with E-state index in [1.54, 1.807) is 6.92 Å². The first-order chi connectivity index (χ1) is 8.66. The summed E-state index contributed by atoms with van der Waals surface area (Å²) in [5.74, 6) is -1.20. The van der Waals surface area contributed by atoms with Crippen molar-refractivity contribution >= 4 is 16.0 Å². The van der Waals surface area contributed by atoms with Gasteiger partial charge < -0.3 is 15.2 Å². The number of hydrogen-bond acceptors (Lipinski definition) is 4. The number of sulfonamides is 1. The molecule has 0 saturated heterocycles. The molecule has 0 aromatic carbocycles. The SMILES string of the molecule is Cc1[nH]c(C(=O)O)c(C)c1S(=O)(=O)NCCC(C)O. The molecule has 4 N–H and O–H groups in total. The van der Waals surface area contributed by atoms with E-state index < -0.39 is 22.1 Å². The zero-order valence-electron chi connectivity index (χ0n) is 11.0. The van der Waals surface area contributed by atoms with Crippen LogP contribution in [-0.2, 0) is 10.0 Å². The summed E-state index contributed by atoms with van der Waals surface area (Å²) in [4.78, 5) is 13.4. The third-order valence-electron chi connectivity index (χ3n) is 2.71. The van der Waals surface area contributed by atoms with Gasteiger partial charge in [0.25, 0.3) is 0 Å². The first-order valence-corrected chi connectivity index (χ1v) is 7.25. The van der Waals surface area contributed by atoms with Crippen LogP contribution in [0.25, 0.3) is 0 Å². The molecule has 108 valence electrons. The predicted octanol–water partition coefficient (Wildman–Crippen LogP) is 0.379. The van der Waals surface area contributed by atoms with Crippen molar-refractivity contribution in [3.05, 3.63) is 17.0 Å². The summed E-state index contributed by atoms with van der Waals surface area (Å²) in [6, 6.07) is 0. The maximum atomic E-state index is 12.1. The van der Waals surface area contributed by atoms with Gasteiger partial charge in [0, 0.05) is 17.8 Å². The molecule has 0 saturated carbocycles. The number of carboxylic acids is 1. The van der Waals surface area contributed by atoms with Gasteiger partial charge in [-0.1, -0.05) is 0 Å². The van der Waals surface area contributed by atoms with Crippen molar-refractivity contribution in [2.75, 3.05) is 6.54 Å². The van der Waals surface area contributed by atoms with Crippen LogP contribution in [0.1, 0.15) is 35.1 Å². The molecule has 0 radical (unpaired) electrons. The monoisotopic (exact) mass is 290 g/mol. The maximum Gasteiger partial charge on any atom is 0.352 e. The fourth-order valence-electron chi connectivity index (χ4n) is 1.82. The fraction of sp³-hybridized carbons (Fsp3) is 0.545. The zero-order chi connectivity index (χ0) is 14.8. The average Bonchev–Trinajstić information content (AvgIpc) is 2.53. The lowest BCUT2D eigenvalue weighted by Gasteiger charge is -2.08. The van der Waals surface area contributed by atoms with Gasteiger partial charge in [-0.2, -0.15) is 0 Å². The van der Waals surface area contributed by atoms with E-state index in [9.17, 15) is 13.2 Å². The van der Waals surface area contributed by atoms with Crippen LogP contribution in [0.3, 0.4) is 0 Å². The molecule has 0 aliphatic heterocycles. The molecular formula is C11H18N2O5S. The van der Waals surface area contributed by atoms with E-state index >= 15 is 0 Å². The number of aliphatic hydroxyl groups is 1. The number of aliphatic hydroxyl groups excluding tert-OH is 1. The number of hydrogen-bond donors (Lipinski definition) is 4. The summed E-state index contributed by atoms with van der Waals surface area (Å²) in [5.41, 5.74) is 0.322. The van der Waals surface area contributed by atoms with Crippen molar-refractivity contribution in [3.8, 4) is 0 Å². The minimum Gasteiger partial charge on any atom is -0.477 e. The molecule has 0 spiro atoms. The minimum atomic E-state index is -3.79. The van der Waals surface area contributed by atoms with Gasteiger partial charge in [-0.3, -0.25) is 0 Å².